The van der Waals surface area contributed by atoms with Crippen LogP contribution in [0.15, 0.2) is 4.99 Å². The Kier molecular flexibility index (Phi) is 7.00. The number of hydrogen-bond donors (Lipinski definition) is 1. The predicted molar refractivity (Wildman–Crippen MR) is 95.4 cm³/mol. The lowest BCUT2D eigenvalue weighted by Crippen LogP contribution is -2.47. The van der Waals surface area contributed by atoms with E-state index in [1.54, 1.807) is 0 Å². The van der Waals surface area contributed by atoms with Gasteiger partial charge in [-0.2, -0.15) is 0 Å². The smallest absolute Gasteiger partial charge is 0.193 e. The summed E-state index contributed by atoms with van der Waals surface area (Å²) in [5.41, 5.74) is 0. The molecule has 2 atom stereocenters. The second-order valence-electron chi connectivity index (χ2n) is 7.48. The van der Waals surface area contributed by atoms with Gasteiger partial charge < -0.3 is 15.1 Å². The van der Waals surface area contributed by atoms with E-state index in [0.717, 1.165) is 37.4 Å². The minimum absolute atomic E-state index is 0.669. The van der Waals surface area contributed by atoms with Crippen LogP contribution in [0.25, 0.3) is 0 Å². The third-order valence-electron chi connectivity index (χ3n) is 5.07. The standard InChI is InChI=1S/C18H36N4/c1-5-19-18(22-11-6-8-16(4)13-22)20-12-17-9-7-10-21(14-17)15(2)3/h15-17H,5-14H2,1-4H3,(H,19,20). The maximum atomic E-state index is 4.99. The van der Waals surface area contributed by atoms with E-state index in [0.29, 0.717) is 6.04 Å². The van der Waals surface area contributed by atoms with Crippen molar-refractivity contribution in [3.63, 3.8) is 0 Å². The molecule has 22 heavy (non-hydrogen) atoms. The van der Waals surface area contributed by atoms with Gasteiger partial charge in [0.05, 0.1) is 0 Å². The van der Waals surface area contributed by atoms with Crippen LogP contribution in [-0.2, 0) is 0 Å². The van der Waals surface area contributed by atoms with E-state index >= 15 is 0 Å². The summed E-state index contributed by atoms with van der Waals surface area (Å²) in [4.78, 5) is 10.1. The van der Waals surface area contributed by atoms with Gasteiger partial charge in [0.1, 0.15) is 0 Å². The summed E-state index contributed by atoms with van der Waals surface area (Å²) >= 11 is 0. The number of nitrogens with one attached hydrogen (secondary N) is 1. The lowest BCUT2D eigenvalue weighted by atomic mass is 9.97. The lowest BCUT2D eigenvalue weighted by molar-refractivity contribution is 0.143. The summed E-state index contributed by atoms with van der Waals surface area (Å²) in [6.45, 7) is 15.9. The molecule has 4 nitrogen and oxygen atoms in total. The van der Waals surface area contributed by atoms with E-state index in [9.17, 15) is 0 Å². The average molecular weight is 309 g/mol. The molecule has 0 aromatic heterocycles. The molecule has 2 saturated heterocycles. The Morgan fingerprint density at radius 2 is 1.95 bits per heavy atom. The number of aliphatic imine (C=N–C) groups is 1. The molecule has 2 fully saturated rings. The van der Waals surface area contributed by atoms with Crippen molar-refractivity contribution in [1.29, 1.82) is 0 Å². The molecule has 2 unspecified atom stereocenters. The highest BCUT2D eigenvalue weighted by atomic mass is 15.3. The van der Waals surface area contributed by atoms with Crippen molar-refractivity contribution >= 4 is 5.96 Å². The summed E-state index contributed by atoms with van der Waals surface area (Å²) in [6, 6.07) is 0.669. The highest BCUT2D eigenvalue weighted by Crippen LogP contribution is 2.19. The van der Waals surface area contributed by atoms with Gasteiger partial charge in [-0.05, 0) is 64.8 Å². The molecule has 1 N–H and O–H groups in total. The fourth-order valence-corrected chi connectivity index (χ4v) is 3.74. The molecule has 0 aromatic carbocycles. The number of piperidine rings is 2. The molecule has 0 radical (unpaired) electrons. The summed E-state index contributed by atoms with van der Waals surface area (Å²) in [5.74, 6) is 2.67. The van der Waals surface area contributed by atoms with Crippen molar-refractivity contribution in [1.82, 2.24) is 15.1 Å². The highest BCUT2D eigenvalue weighted by molar-refractivity contribution is 5.80. The molecule has 0 spiro atoms. The maximum Gasteiger partial charge on any atom is 0.193 e. The Morgan fingerprint density at radius 3 is 2.64 bits per heavy atom. The van der Waals surface area contributed by atoms with Crippen molar-refractivity contribution in [2.45, 2.75) is 59.4 Å². The molecule has 2 aliphatic rings. The zero-order valence-electron chi connectivity index (χ0n) is 15.1. The largest absolute Gasteiger partial charge is 0.357 e. The van der Waals surface area contributed by atoms with Gasteiger partial charge in [-0.25, -0.2) is 0 Å². The van der Waals surface area contributed by atoms with E-state index in [1.807, 2.05) is 0 Å². The van der Waals surface area contributed by atoms with Crippen molar-refractivity contribution in [2.24, 2.45) is 16.8 Å². The quantitative estimate of drug-likeness (QED) is 0.640. The Balaban J connectivity index is 1.91. The van der Waals surface area contributed by atoms with E-state index in [2.05, 4.69) is 42.8 Å². The van der Waals surface area contributed by atoms with E-state index in [1.165, 1.54) is 45.3 Å². The first kappa shape index (κ1) is 17.6. The summed E-state index contributed by atoms with van der Waals surface area (Å²) in [5, 5.41) is 3.51. The maximum absolute atomic E-state index is 4.99. The number of rotatable bonds is 4. The SMILES string of the molecule is CCNC(=NCC1CCCN(C(C)C)C1)N1CCCC(C)C1. The summed E-state index contributed by atoms with van der Waals surface area (Å²) < 4.78 is 0. The fourth-order valence-electron chi connectivity index (χ4n) is 3.74. The van der Waals surface area contributed by atoms with Crippen LogP contribution in [0.3, 0.4) is 0 Å². The van der Waals surface area contributed by atoms with Gasteiger partial charge in [-0.1, -0.05) is 6.92 Å². The first-order chi connectivity index (χ1) is 10.6. The molecule has 4 heteroatoms. The van der Waals surface area contributed by atoms with Crippen LogP contribution < -0.4 is 5.32 Å². The van der Waals surface area contributed by atoms with E-state index < -0.39 is 0 Å². The molecular formula is C18H36N4. The van der Waals surface area contributed by atoms with Crippen LogP contribution in [-0.4, -0.2) is 61.1 Å². The van der Waals surface area contributed by atoms with Crippen molar-refractivity contribution in [2.75, 3.05) is 39.3 Å². The van der Waals surface area contributed by atoms with Crippen molar-refractivity contribution < 1.29 is 0 Å². The first-order valence-electron chi connectivity index (χ1n) is 9.37. The Hall–Kier alpha value is -0.770. The van der Waals surface area contributed by atoms with Crippen LogP contribution in [0.1, 0.15) is 53.4 Å². The minimum atomic E-state index is 0.669. The van der Waals surface area contributed by atoms with Crippen LogP contribution in [0, 0.1) is 11.8 Å². The zero-order valence-corrected chi connectivity index (χ0v) is 15.1. The third-order valence-corrected chi connectivity index (χ3v) is 5.07. The Morgan fingerprint density at radius 1 is 1.18 bits per heavy atom. The van der Waals surface area contributed by atoms with Crippen molar-refractivity contribution in [3.8, 4) is 0 Å². The molecular weight excluding hydrogens is 272 g/mol. The van der Waals surface area contributed by atoms with E-state index in [-0.39, 0.29) is 0 Å². The van der Waals surface area contributed by atoms with Gasteiger partial charge in [-0.3, -0.25) is 4.99 Å². The Labute approximate surface area is 137 Å². The number of hydrogen-bond acceptors (Lipinski definition) is 2. The zero-order chi connectivity index (χ0) is 15.9. The van der Waals surface area contributed by atoms with Gasteiger partial charge in [0.25, 0.3) is 0 Å². The average Bonchev–Trinajstić information content (AvgIpc) is 2.51. The monoisotopic (exact) mass is 308 g/mol. The van der Waals surface area contributed by atoms with Gasteiger partial charge >= 0.3 is 0 Å². The molecule has 2 aliphatic heterocycles. The fraction of sp³-hybridized carbons (Fsp3) is 0.944. The second-order valence-corrected chi connectivity index (χ2v) is 7.48. The number of guanidine groups is 1. The molecule has 0 aliphatic carbocycles. The normalized spacial score (nSPS) is 28.2. The molecule has 0 aromatic rings. The summed E-state index contributed by atoms with van der Waals surface area (Å²) in [6.07, 6.45) is 5.33. The van der Waals surface area contributed by atoms with Gasteiger partial charge in [0.15, 0.2) is 5.96 Å². The van der Waals surface area contributed by atoms with E-state index in [4.69, 9.17) is 4.99 Å². The highest BCUT2D eigenvalue weighted by Gasteiger charge is 2.23. The minimum Gasteiger partial charge on any atom is -0.357 e. The number of likely N-dealkylation sites (tertiary alicyclic amines) is 2. The molecule has 0 amide bonds. The second kappa shape index (κ2) is 8.76. The molecule has 0 saturated carbocycles. The molecule has 2 heterocycles. The van der Waals surface area contributed by atoms with Crippen LogP contribution >= 0.6 is 0 Å². The van der Waals surface area contributed by atoms with Crippen LogP contribution in [0.2, 0.25) is 0 Å². The van der Waals surface area contributed by atoms with Crippen LogP contribution in [0.4, 0.5) is 0 Å². The summed E-state index contributed by atoms with van der Waals surface area (Å²) in [7, 11) is 0. The topological polar surface area (TPSA) is 30.9 Å². The van der Waals surface area contributed by atoms with Crippen LogP contribution in [0.5, 0.6) is 0 Å². The first-order valence-corrected chi connectivity index (χ1v) is 9.37. The molecule has 0 bridgehead atoms. The third kappa shape index (κ3) is 5.15. The van der Waals surface area contributed by atoms with Gasteiger partial charge in [0.2, 0.25) is 0 Å². The molecule has 2 rings (SSSR count). The van der Waals surface area contributed by atoms with Gasteiger partial charge in [-0.15, -0.1) is 0 Å². The predicted octanol–water partition coefficient (Wildman–Crippen LogP) is 2.80. The number of nitrogens with zero attached hydrogens (tertiary/aromatic N) is 3. The molecule has 128 valence electrons. The van der Waals surface area contributed by atoms with Crippen molar-refractivity contribution in [3.05, 3.63) is 0 Å². The lowest BCUT2D eigenvalue weighted by Gasteiger charge is -2.36. The Bertz CT molecular complexity index is 353. The van der Waals surface area contributed by atoms with Gasteiger partial charge in [0, 0.05) is 38.8 Å².